The van der Waals surface area contributed by atoms with Crippen LogP contribution in [-0.4, -0.2) is 322 Å². The van der Waals surface area contributed by atoms with Crippen molar-refractivity contribution in [2.45, 2.75) is 131 Å². The Kier molecular flexibility index (Phi) is 39.2. The molecule has 0 amide bonds. The highest BCUT2D eigenvalue weighted by Gasteiger charge is 2.38. The van der Waals surface area contributed by atoms with Crippen molar-refractivity contribution < 1.29 is 149 Å². The van der Waals surface area contributed by atoms with Crippen LogP contribution in [0.4, 0.5) is 0 Å². The van der Waals surface area contributed by atoms with Crippen LogP contribution in [0.2, 0.25) is 0 Å². The van der Waals surface area contributed by atoms with Crippen LogP contribution in [0.3, 0.4) is 0 Å². The summed E-state index contributed by atoms with van der Waals surface area (Å²) in [7, 11) is 0. The lowest BCUT2D eigenvalue weighted by Gasteiger charge is -2.36. The van der Waals surface area contributed by atoms with Crippen molar-refractivity contribution >= 4 is 0 Å². The molecule has 11 unspecified atom stereocenters. The van der Waals surface area contributed by atoms with E-state index in [0.717, 1.165) is 0 Å². The normalized spacial score (nSPS) is 36.9. The molecule has 1 saturated heterocycles. The van der Waals surface area contributed by atoms with Crippen LogP contribution in [0.15, 0.2) is 0 Å². The first-order chi connectivity index (χ1) is 34.4. The molecule has 71 heavy (non-hydrogen) atoms. The Morgan fingerprint density at radius 2 is 0.423 bits per heavy atom. The minimum atomic E-state index is -1.82. The molecule has 1 aliphatic rings. The first kappa shape index (κ1) is 67.8. The van der Waals surface area contributed by atoms with Gasteiger partial charge in [-0.15, -0.1) is 0 Å². The van der Waals surface area contributed by atoms with Gasteiger partial charge < -0.3 is 149 Å². The lowest BCUT2D eigenvalue weighted by Crippen LogP contribution is -2.50. The van der Waals surface area contributed by atoms with Gasteiger partial charge in [0.05, 0.1) is 118 Å². The molecule has 0 aliphatic carbocycles. The maximum Gasteiger partial charge on any atom is 0.181 e. The van der Waals surface area contributed by atoms with Crippen LogP contribution >= 0.6 is 0 Å². The van der Waals surface area contributed by atoms with Crippen molar-refractivity contribution in [3.05, 3.63) is 0 Å². The van der Waals surface area contributed by atoms with E-state index in [1.807, 2.05) is 0 Å². The molecule has 0 saturated carbocycles. The van der Waals surface area contributed by atoms with Crippen LogP contribution in [-0.2, 0) is 56.8 Å². The maximum atomic E-state index is 10.2. The monoisotopic (exact) mass is 1050 g/mol. The predicted molar refractivity (Wildman–Crippen MR) is 232 cm³/mol. The first-order valence-electron chi connectivity index (χ1n) is 23.2. The van der Waals surface area contributed by atoms with Gasteiger partial charge in [0.1, 0.15) is 61.0 Å². The molecule has 0 aromatic rings. The highest BCUT2D eigenvalue weighted by Crippen LogP contribution is 2.23. The van der Waals surface area contributed by atoms with Crippen molar-refractivity contribution in [2.75, 3.05) is 126 Å². The Balaban J connectivity index is 3.59. The van der Waals surface area contributed by atoms with Crippen LogP contribution < -0.4 is 0 Å². The van der Waals surface area contributed by atoms with E-state index < -0.39 is 230 Å². The van der Waals surface area contributed by atoms with Gasteiger partial charge in [0.15, 0.2) is 37.7 Å². The van der Waals surface area contributed by atoms with E-state index in [1.54, 1.807) is 0 Å². The summed E-state index contributed by atoms with van der Waals surface area (Å²) in [6, 6.07) is 0. The van der Waals surface area contributed by atoms with E-state index in [9.17, 15) is 91.9 Å². The molecule has 18 atom stereocenters. The van der Waals surface area contributed by atoms with Crippen LogP contribution in [0.1, 0.15) is 25.7 Å². The summed E-state index contributed by atoms with van der Waals surface area (Å²) in [6.45, 7) is -16.0. The standard InChI is InChI=1S/C41H82O30/c42-6-24-4-2-1-3-5-60-36(18-54)62-26(8-44)27(9-45)64-38(20-56)66-30(12-48)31(13-49)68-40(22-58)70-34(16-52)35(17-53)71-41(23-59)69-33(15-51)32(14-50)67-39(21-57)65-29(11-47)28(10-46)63-37(19-55)61-25(24)7-43/h24-59H,1-23H2/t24?,25-,26?,27-,28?,29-,30-,31?,32-,33?,34?,35-,36?,37?,38+,39?,40?,41?/m0/s1. The molecule has 30 heteroatoms. The molecule has 1 heterocycles. The Labute approximate surface area is 410 Å². The van der Waals surface area contributed by atoms with Gasteiger partial charge >= 0.3 is 0 Å². The SMILES string of the molecule is OCC1OCCCCCC(CO)[C@H](CO)OC(CO)OC(CO)[C@H](CO)OC(CO)O[C@@H](CO)C(CO)OC(CO)O[C@@H](CO)C(CO)OC(CO)OC(CO)[C@H](CO)O[C@H](CO)O[C@@H](CO)C(CO)O1. The molecule has 30 nitrogen and oxygen atoms in total. The summed E-state index contributed by atoms with van der Waals surface area (Å²) in [6.07, 6.45) is -25.4. The number of aliphatic hydroxyl groups excluding tert-OH is 18. The third-order valence-corrected chi connectivity index (χ3v) is 10.8. The van der Waals surface area contributed by atoms with Crippen molar-refractivity contribution in [1.29, 1.82) is 0 Å². The minimum absolute atomic E-state index is 0.00892. The Hall–Kier alpha value is -1.20. The number of hydrogen-bond donors (Lipinski definition) is 18. The third kappa shape index (κ3) is 24.6. The molecule has 1 aliphatic heterocycles. The summed E-state index contributed by atoms with van der Waals surface area (Å²) >= 11 is 0. The van der Waals surface area contributed by atoms with Gasteiger partial charge in [-0.2, -0.15) is 0 Å². The van der Waals surface area contributed by atoms with Crippen LogP contribution in [0, 0.1) is 5.92 Å². The second kappa shape index (κ2) is 41.0. The summed E-state index contributed by atoms with van der Waals surface area (Å²) in [5.74, 6) is -0.726. The number of rotatable bonds is 18. The molecule has 0 spiro atoms. The molecular formula is C41H82O30. The van der Waals surface area contributed by atoms with E-state index in [0.29, 0.717) is 19.3 Å². The number of hydrogen-bond acceptors (Lipinski definition) is 30. The zero-order valence-electron chi connectivity index (χ0n) is 39.6. The predicted octanol–water partition coefficient (Wildman–Crippen LogP) is -9.75. The molecule has 426 valence electrons. The second-order valence-corrected chi connectivity index (χ2v) is 15.8. The summed E-state index contributed by atoms with van der Waals surface area (Å²) in [4.78, 5) is 0. The molecule has 0 bridgehead atoms. The van der Waals surface area contributed by atoms with Crippen LogP contribution in [0.25, 0.3) is 0 Å². The highest BCUT2D eigenvalue weighted by molar-refractivity contribution is 4.79. The van der Waals surface area contributed by atoms with E-state index >= 15 is 0 Å². The smallest absolute Gasteiger partial charge is 0.181 e. The van der Waals surface area contributed by atoms with E-state index in [2.05, 4.69) is 0 Å². The molecule has 1 fully saturated rings. The van der Waals surface area contributed by atoms with Crippen molar-refractivity contribution in [2.24, 2.45) is 5.92 Å². The molecule has 18 N–H and O–H groups in total. The summed E-state index contributed by atoms with van der Waals surface area (Å²) in [5.41, 5.74) is 0. The fourth-order valence-corrected chi connectivity index (χ4v) is 6.95. The third-order valence-electron chi connectivity index (χ3n) is 10.8. The van der Waals surface area contributed by atoms with Crippen LogP contribution in [0.5, 0.6) is 0 Å². The first-order valence-corrected chi connectivity index (χ1v) is 23.2. The van der Waals surface area contributed by atoms with Crippen molar-refractivity contribution in [3.8, 4) is 0 Å². The van der Waals surface area contributed by atoms with Gasteiger partial charge in [-0.25, -0.2) is 0 Å². The van der Waals surface area contributed by atoms with Crippen molar-refractivity contribution in [1.82, 2.24) is 0 Å². The largest absolute Gasteiger partial charge is 0.396 e. The van der Waals surface area contributed by atoms with E-state index in [4.69, 9.17) is 56.8 Å². The second-order valence-electron chi connectivity index (χ2n) is 15.8. The lowest BCUT2D eigenvalue weighted by atomic mass is 9.96. The van der Waals surface area contributed by atoms with Gasteiger partial charge in [0, 0.05) is 19.1 Å². The fourth-order valence-electron chi connectivity index (χ4n) is 6.95. The summed E-state index contributed by atoms with van der Waals surface area (Å²) in [5, 5.41) is 183. The maximum absolute atomic E-state index is 10.2. The molecule has 0 aromatic heterocycles. The summed E-state index contributed by atoms with van der Waals surface area (Å²) < 4.78 is 67.6. The molecule has 1 rings (SSSR count). The zero-order chi connectivity index (χ0) is 53.1. The average molecular weight is 1060 g/mol. The topological polar surface area (TPSA) is 475 Å². The lowest BCUT2D eigenvalue weighted by molar-refractivity contribution is -0.308. The quantitative estimate of drug-likeness (QED) is 0.0606. The van der Waals surface area contributed by atoms with Gasteiger partial charge in [-0.05, 0) is 12.8 Å². The number of aliphatic hydroxyl groups is 18. The molecule has 0 aromatic carbocycles. The molecule has 0 radical (unpaired) electrons. The van der Waals surface area contributed by atoms with E-state index in [1.165, 1.54) is 0 Å². The number of ether oxygens (including phenoxy) is 12. The Morgan fingerprint density at radius 1 is 0.211 bits per heavy atom. The van der Waals surface area contributed by atoms with Gasteiger partial charge in [-0.1, -0.05) is 12.8 Å². The fraction of sp³-hybridized carbons (Fsp3) is 1.00. The van der Waals surface area contributed by atoms with Gasteiger partial charge in [0.25, 0.3) is 0 Å². The Bertz CT molecular complexity index is 1220. The molecular weight excluding hydrogens is 972 g/mol. The van der Waals surface area contributed by atoms with Gasteiger partial charge in [-0.3, -0.25) is 0 Å². The van der Waals surface area contributed by atoms with E-state index in [-0.39, 0.29) is 13.0 Å². The van der Waals surface area contributed by atoms with Crippen molar-refractivity contribution in [3.63, 3.8) is 0 Å². The minimum Gasteiger partial charge on any atom is -0.396 e. The Morgan fingerprint density at radius 3 is 0.620 bits per heavy atom. The average Bonchev–Trinajstić information content (AvgIpc) is 3.40. The van der Waals surface area contributed by atoms with Gasteiger partial charge in [0.2, 0.25) is 0 Å². The zero-order valence-corrected chi connectivity index (χ0v) is 39.6. The highest BCUT2D eigenvalue weighted by atomic mass is 16.8.